The molecule has 148 valence electrons. The highest BCUT2D eigenvalue weighted by Gasteiger charge is 2.30. The van der Waals surface area contributed by atoms with Crippen molar-refractivity contribution >= 4 is 28.8 Å². The summed E-state index contributed by atoms with van der Waals surface area (Å²) in [7, 11) is 0. The predicted molar refractivity (Wildman–Crippen MR) is 107 cm³/mol. The van der Waals surface area contributed by atoms with Gasteiger partial charge in [-0.15, -0.1) is 0 Å². The molecule has 1 N–H and O–H groups in total. The van der Waals surface area contributed by atoms with Crippen LogP contribution < -0.4 is 15.1 Å². The van der Waals surface area contributed by atoms with Crippen LogP contribution in [0, 0.1) is 15.9 Å². The number of hydrogen-bond donors (Lipinski definition) is 1. The third kappa shape index (κ3) is 3.91. The number of nitrogens with one attached hydrogen (secondary N) is 1. The third-order valence-electron chi connectivity index (χ3n) is 4.67. The molecule has 3 heterocycles. The Morgan fingerprint density at radius 1 is 0.966 bits per heavy atom. The van der Waals surface area contributed by atoms with E-state index in [1.165, 1.54) is 12.4 Å². The lowest BCUT2D eigenvalue weighted by molar-refractivity contribution is -0.383. The lowest BCUT2D eigenvalue weighted by Gasteiger charge is -2.36. The molecule has 0 unspecified atom stereocenters. The van der Waals surface area contributed by atoms with Gasteiger partial charge in [0.25, 0.3) is 0 Å². The van der Waals surface area contributed by atoms with Crippen molar-refractivity contribution in [1.82, 2.24) is 15.0 Å². The van der Waals surface area contributed by atoms with Crippen LogP contribution in [0.15, 0.2) is 55.0 Å². The molecule has 1 aliphatic rings. The lowest BCUT2D eigenvalue weighted by Crippen LogP contribution is -2.47. The highest BCUT2D eigenvalue weighted by atomic mass is 19.1. The van der Waals surface area contributed by atoms with E-state index in [0.29, 0.717) is 37.7 Å². The molecule has 0 radical (unpaired) electrons. The molecule has 0 amide bonds. The maximum Gasteiger partial charge on any atom is 0.353 e. The number of aromatic nitrogens is 3. The van der Waals surface area contributed by atoms with Gasteiger partial charge in [-0.1, -0.05) is 18.2 Å². The molecule has 0 saturated carbocycles. The molecule has 29 heavy (non-hydrogen) atoms. The molecular formula is C19H18FN7O2. The first-order valence-corrected chi connectivity index (χ1v) is 9.05. The summed E-state index contributed by atoms with van der Waals surface area (Å²) in [5, 5.41) is 14.7. The highest BCUT2D eigenvalue weighted by molar-refractivity contribution is 5.73. The third-order valence-corrected chi connectivity index (χ3v) is 4.67. The van der Waals surface area contributed by atoms with Crippen molar-refractivity contribution in [3.63, 3.8) is 0 Å². The van der Waals surface area contributed by atoms with Crippen LogP contribution in [0.2, 0.25) is 0 Å². The molecule has 10 heteroatoms. The number of nitrogens with zero attached hydrogens (tertiary/aromatic N) is 6. The van der Waals surface area contributed by atoms with Gasteiger partial charge in [0.15, 0.2) is 0 Å². The van der Waals surface area contributed by atoms with E-state index in [1.54, 1.807) is 42.6 Å². The predicted octanol–water partition coefficient (Wildman–Crippen LogP) is 2.99. The molecule has 1 fully saturated rings. The van der Waals surface area contributed by atoms with Gasteiger partial charge >= 0.3 is 5.69 Å². The van der Waals surface area contributed by atoms with Gasteiger partial charge in [0, 0.05) is 32.4 Å². The summed E-state index contributed by atoms with van der Waals surface area (Å²) < 4.78 is 14.0. The SMILES string of the molecule is O=[N+]([O-])c1c(Nc2ccccn2)ncnc1N1CCN(c2ccccc2F)CC1. The fourth-order valence-corrected chi connectivity index (χ4v) is 3.29. The largest absolute Gasteiger partial charge is 0.366 e. The number of nitro groups is 1. The van der Waals surface area contributed by atoms with Crippen LogP contribution in [-0.4, -0.2) is 46.1 Å². The minimum absolute atomic E-state index is 0.0789. The molecule has 9 nitrogen and oxygen atoms in total. The number of pyridine rings is 1. The Morgan fingerprint density at radius 2 is 1.69 bits per heavy atom. The van der Waals surface area contributed by atoms with Crippen LogP contribution >= 0.6 is 0 Å². The number of benzene rings is 1. The molecular weight excluding hydrogens is 377 g/mol. The van der Waals surface area contributed by atoms with Crippen molar-refractivity contribution in [2.24, 2.45) is 0 Å². The van der Waals surface area contributed by atoms with Crippen LogP contribution in [0.25, 0.3) is 0 Å². The van der Waals surface area contributed by atoms with Crippen LogP contribution in [0.1, 0.15) is 0 Å². The first kappa shape index (κ1) is 18.5. The van der Waals surface area contributed by atoms with Crippen molar-refractivity contribution in [2.45, 2.75) is 0 Å². The van der Waals surface area contributed by atoms with E-state index in [2.05, 4.69) is 20.3 Å². The number of para-hydroxylation sites is 1. The van der Waals surface area contributed by atoms with Crippen LogP contribution in [-0.2, 0) is 0 Å². The second-order valence-electron chi connectivity index (χ2n) is 6.42. The van der Waals surface area contributed by atoms with Crippen molar-refractivity contribution in [3.8, 4) is 0 Å². The number of piperazine rings is 1. The van der Waals surface area contributed by atoms with Gasteiger partial charge in [-0.2, -0.15) is 0 Å². The van der Waals surface area contributed by atoms with E-state index in [4.69, 9.17) is 0 Å². The van der Waals surface area contributed by atoms with Crippen molar-refractivity contribution < 1.29 is 9.31 Å². The maximum atomic E-state index is 14.0. The van der Waals surface area contributed by atoms with Crippen LogP contribution in [0.4, 0.5) is 33.2 Å². The van der Waals surface area contributed by atoms with Crippen molar-refractivity contribution in [1.29, 1.82) is 0 Å². The molecule has 4 rings (SSSR count). The van der Waals surface area contributed by atoms with E-state index < -0.39 is 4.92 Å². The summed E-state index contributed by atoms with van der Waals surface area (Å²) >= 11 is 0. The van der Waals surface area contributed by atoms with Gasteiger partial charge in [0.2, 0.25) is 11.6 Å². The van der Waals surface area contributed by atoms with Gasteiger partial charge in [-0.05, 0) is 24.3 Å². The normalized spacial score (nSPS) is 14.0. The zero-order valence-corrected chi connectivity index (χ0v) is 15.4. The molecule has 1 saturated heterocycles. The monoisotopic (exact) mass is 395 g/mol. The fraction of sp³-hybridized carbons (Fsp3) is 0.211. The molecule has 3 aromatic rings. The minimum atomic E-state index is -0.496. The van der Waals surface area contributed by atoms with E-state index in [9.17, 15) is 14.5 Å². The maximum absolute atomic E-state index is 14.0. The smallest absolute Gasteiger partial charge is 0.353 e. The van der Waals surface area contributed by atoms with E-state index in [-0.39, 0.29) is 23.1 Å². The fourth-order valence-electron chi connectivity index (χ4n) is 3.29. The van der Waals surface area contributed by atoms with E-state index >= 15 is 0 Å². The molecule has 0 bridgehead atoms. The Bertz CT molecular complexity index is 1010. The first-order valence-electron chi connectivity index (χ1n) is 9.05. The number of halogens is 1. The van der Waals surface area contributed by atoms with Gasteiger partial charge in [0.1, 0.15) is 18.0 Å². The molecule has 2 aromatic heterocycles. The summed E-state index contributed by atoms with van der Waals surface area (Å²) in [5.41, 5.74) is 0.319. The summed E-state index contributed by atoms with van der Waals surface area (Å²) in [5.74, 6) is 0.479. The molecule has 0 aliphatic carbocycles. The summed E-state index contributed by atoms with van der Waals surface area (Å²) in [6.07, 6.45) is 2.87. The van der Waals surface area contributed by atoms with Gasteiger partial charge in [0.05, 0.1) is 10.6 Å². The lowest BCUT2D eigenvalue weighted by atomic mass is 10.2. The van der Waals surface area contributed by atoms with Crippen LogP contribution in [0.5, 0.6) is 0 Å². The van der Waals surface area contributed by atoms with Crippen molar-refractivity contribution in [3.05, 3.63) is 70.9 Å². The Hall–Kier alpha value is -3.82. The van der Waals surface area contributed by atoms with Crippen LogP contribution in [0.3, 0.4) is 0 Å². The summed E-state index contributed by atoms with van der Waals surface area (Å²) in [4.78, 5) is 27.3. The molecule has 0 atom stereocenters. The van der Waals surface area contributed by atoms with Crippen molar-refractivity contribution in [2.75, 3.05) is 41.3 Å². The molecule has 1 aliphatic heterocycles. The Kier molecular flexibility index (Phi) is 5.14. The highest BCUT2D eigenvalue weighted by Crippen LogP contribution is 2.34. The van der Waals surface area contributed by atoms with Gasteiger partial charge in [-0.3, -0.25) is 10.1 Å². The average molecular weight is 395 g/mol. The standard InChI is InChI=1S/C19H18FN7O2/c20-14-5-1-2-6-15(14)25-9-11-26(12-10-25)19-17(27(28)29)18(22-13-23-19)24-16-7-3-4-8-21-16/h1-8,13H,9-12H2,(H,21,22,23,24). The Balaban J connectivity index is 1.57. The molecule has 1 aromatic carbocycles. The second kappa shape index (κ2) is 8.05. The zero-order valence-electron chi connectivity index (χ0n) is 15.4. The van der Waals surface area contributed by atoms with E-state index in [1.807, 2.05) is 9.80 Å². The Morgan fingerprint density at radius 3 is 2.38 bits per heavy atom. The zero-order chi connectivity index (χ0) is 20.2. The van der Waals surface area contributed by atoms with Gasteiger partial charge < -0.3 is 15.1 Å². The Labute approximate surface area is 166 Å². The quantitative estimate of drug-likeness (QED) is 0.520. The second-order valence-corrected chi connectivity index (χ2v) is 6.42. The van der Waals surface area contributed by atoms with E-state index in [0.717, 1.165) is 0 Å². The summed E-state index contributed by atoms with van der Waals surface area (Å²) in [6, 6.07) is 11.8. The number of hydrogen-bond acceptors (Lipinski definition) is 8. The topological polar surface area (TPSA) is 100 Å². The average Bonchev–Trinajstić information content (AvgIpc) is 2.75. The summed E-state index contributed by atoms with van der Waals surface area (Å²) in [6.45, 7) is 1.97. The number of rotatable bonds is 5. The minimum Gasteiger partial charge on any atom is -0.366 e. The number of anilines is 4. The molecule has 0 spiro atoms. The first-order chi connectivity index (χ1) is 14.1. The van der Waals surface area contributed by atoms with Gasteiger partial charge in [-0.25, -0.2) is 19.3 Å².